The quantitative estimate of drug-likeness (QED) is 0.811. The maximum Gasteiger partial charge on any atom is 0.317 e. The van der Waals surface area contributed by atoms with Gasteiger partial charge in [-0.25, -0.2) is 4.79 Å². The number of amides is 2. The summed E-state index contributed by atoms with van der Waals surface area (Å²) in [6.45, 7) is 5.60. The van der Waals surface area contributed by atoms with Crippen LogP contribution in [-0.4, -0.2) is 53.8 Å². The Hall–Kier alpha value is -1.30. The molecule has 1 aliphatic heterocycles. The molecule has 0 radical (unpaired) electrons. The van der Waals surface area contributed by atoms with Crippen molar-refractivity contribution in [1.82, 2.24) is 10.2 Å². The topological polar surface area (TPSA) is 78.9 Å². The van der Waals surface area contributed by atoms with Gasteiger partial charge in [-0.2, -0.15) is 0 Å². The van der Waals surface area contributed by atoms with Crippen LogP contribution in [0.15, 0.2) is 0 Å². The fraction of sp³-hybridized carbons (Fsp3) is 0.867. The lowest BCUT2D eigenvalue weighted by molar-refractivity contribution is -0.148. The number of carboxylic acids is 1. The molecule has 1 heterocycles. The third-order valence-corrected chi connectivity index (χ3v) is 4.86. The summed E-state index contributed by atoms with van der Waals surface area (Å²) < 4.78 is 5.57. The van der Waals surface area contributed by atoms with Crippen LogP contribution >= 0.6 is 0 Å². The number of carbonyl (C=O) groups excluding carboxylic acids is 1. The fourth-order valence-corrected chi connectivity index (χ4v) is 3.28. The SMILES string of the molecule is CCN(CC1CCCO1)C(=O)NC1CCCC1(C)C(=O)O. The lowest BCUT2D eigenvalue weighted by atomic mass is 9.85. The van der Waals surface area contributed by atoms with Crippen molar-refractivity contribution in [2.75, 3.05) is 19.7 Å². The van der Waals surface area contributed by atoms with Gasteiger partial charge >= 0.3 is 12.0 Å². The number of likely N-dealkylation sites (N-methyl/N-ethyl adjacent to an activating group) is 1. The highest BCUT2D eigenvalue weighted by Gasteiger charge is 2.46. The molecule has 0 bridgehead atoms. The van der Waals surface area contributed by atoms with Crippen molar-refractivity contribution in [3.05, 3.63) is 0 Å². The van der Waals surface area contributed by atoms with Crippen LogP contribution in [-0.2, 0) is 9.53 Å². The number of nitrogens with one attached hydrogen (secondary N) is 1. The first-order valence-electron chi connectivity index (χ1n) is 7.88. The second kappa shape index (κ2) is 6.64. The van der Waals surface area contributed by atoms with Crippen molar-refractivity contribution in [2.24, 2.45) is 5.41 Å². The molecule has 0 aromatic carbocycles. The highest BCUT2D eigenvalue weighted by atomic mass is 16.5. The summed E-state index contributed by atoms with van der Waals surface area (Å²) in [6.07, 6.45) is 4.33. The molecule has 3 atom stereocenters. The highest BCUT2D eigenvalue weighted by molar-refractivity contribution is 5.79. The maximum atomic E-state index is 12.4. The summed E-state index contributed by atoms with van der Waals surface area (Å²) in [6, 6.07) is -0.464. The first kappa shape index (κ1) is 16.1. The monoisotopic (exact) mass is 298 g/mol. The summed E-state index contributed by atoms with van der Waals surface area (Å²) in [5.74, 6) is -0.826. The zero-order valence-electron chi connectivity index (χ0n) is 12.9. The number of aliphatic carboxylic acids is 1. The van der Waals surface area contributed by atoms with Gasteiger partial charge in [-0.05, 0) is 39.5 Å². The van der Waals surface area contributed by atoms with Gasteiger partial charge in [0.1, 0.15) is 0 Å². The molecule has 120 valence electrons. The number of hydrogen-bond acceptors (Lipinski definition) is 3. The third-order valence-electron chi connectivity index (χ3n) is 4.86. The van der Waals surface area contributed by atoms with Gasteiger partial charge in [0.25, 0.3) is 0 Å². The van der Waals surface area contributed by atoms with Crippen LogP contribution in [0.4, 0.5) is 4.79 Å². The molecule has 21 heavy (non-hydrogen) atoms. The molecule has 2 N–H and O–H groups in total. The van der Waals surface area contributed by atoms with E-state index in [1.165, 1.54) is 0 Å². The molecule has 3 unspecified atom stereocenters. The lowest BCUT2D eigenvalue weighted by Crippen LogP contribution is -2.52. The van der Waals surface area contributed by atoms with E-state index in [4.69, 9.17) is 4.74 Å². The maximum absolute atomic E-state index is 12.4. The van der Waals surface area contributed by atoms with Crippen LogP contribution < -0.4 is 5.32 Å². The zero-order valence-corrected chi connectivity index (χ0v) is 12.9. The van der Waals surface area contributed by atoms with Crippen LogP contribution in [0.3, 0.4) is 0 Å². The van der Waals surface area contributed by atoms with E-state index in [0.29, 0.717) is 19.5 Å². The van der Waals surface area contributed by atoms with Crippen molar-refractivity contribution >= 4 is 12.0 Å². The number of carboxylic acid groups (broad SMARTS) is 1. The van der Waals surface area contributed by atoms with Crippen molar-refractivity contribution < 1.29 is 19.4 Å². The minimum atomic E-state index is -0.848. The number of rotatable bonds is 5. The Balaban J connectivity index is 1.93. The van der Waals surface area contributed by atoms with Crippen LogP contribution in [0.5, 0.6) is 0 Å². The smallest absolute Gasteiger partial charge is 0.317 e. The second-order valence-corrected chi connectivity index (χ2v) is 6.29. The van der Waals surface area contributed by atoms with Crippen molar-refractivity contribution in [3.63, 3.8) is 0 Å². The average Bonchev–Trinajstić information content (AvgIpc) is 3.07. The normalized spacial score (nSPS) is 32.1. The predicted molar refractivity (Wildman–Crippen MR) is 78.1 cm³/mol. The predicted octanol–water partition coefficient (Wildman–Crippen LogP) is 1.84. The van der Waals surface area contributed by atoms with Gasteiger partial charge in [-0.15, -0.1) is 0 Å². The first-order chi connectivity index (χ1) is 9.97. The van der Waals surface area contributed by atoms with Crippen LogP contribution in [0.2, 0.25) is 0 Å². The Morgan fingerprint density at radius 2 is 2.14 bits per heavy atom. The number of ether oxygens (including phenoxy) is 1. The lowest BCUT2D eigenvalue weighted by Gasteiger charge is -2.31. The minimum Gasteiger partial charge on any atom is -0.481 e. The standard InChI is InChI=1S/C15H26N2O4/c1-3-17(10-11-6-5-9-21-11)14(20)16-12-7-4-8-15(12,2)13(18)19/h11-12H,3-10H2,1-2H3,(H,16,20)(H,18,19). The van der Waals surface area contributed by atoms with Gasteiger partial charge < -0.3 is 20.1 Å². The van der Waals surface area contributed by atoms with Crippen molar-refractivity contribution in [3.8, 4) is 0 Å². The second-order valence-electron chi connectivity index (χ2n) is 6.29. The van der Waals surface area contributed by atoms with Gasteiger partial charge in [0, 0.05) is 25.7 Å². The van der Waals surface area contributed by atoms with E-state index >= 15 is 0 Å². The Labute approximate surface area is 125 Å². The molecule has 0 aromatic rings. The Morgan fingerprint density at radius 1 is 1.38 bits per heavy atom. The van der Waals surface area contributed by atoms with Gasteiger partial charge in [0.15, 0.2) is 0 Å². The number of carbonyl (C=O) groups is 2. The number of hydrogen-bond donors (Lipinski definition) is 2. The molecule has 2 fully saturated rings. The summed E-state index contributed by atoms with van der Waals surface area (Å²) in [4.78, 5) is 25.6. The molecular weight excluding hydrogens is 272 g/mol. The summed E-state index contributed by atoms with van der Waals surface area (Å²) in [5, 5.41) is 12.3. The van der Waals surface area contributed by atoms with Gasteiger partial charge in [-0.1, -0.05) is 6.42 Å². The summed E-state index contributed by atoms with van der Waals surface area (Å²) in [5.41, 5.74) is -0.848. The molecular formula is C15H26N2O4. The van der Waals surface area contributed by atoms with E-state index in [-0.39, 0.29) is 18.2 Å². The van der Waals surface area contributed by atoms with Crippen molar-refractivity contribution in [2.45, 2.75) is 58.1 Å². The molecule has 0 spiro atoms. The first-order valence-corrected chi connectivity index (χ1v) is 7.88. The molecule has 1 saturated carbocycles. The van der Waals surface area contributed by atoms with E-state index in [1.54, 1.807) is 11.8 Å². The molecule has 6 heteroatoms. The highest BCUT2D eigenvalue weighted by Crippen LogP contribution is 2.38. The number of nitrogens with zero attached hydrogens (tertiary/aromatic N) is 1. The van der Waals surface area contributed by atoms with Crippen molar-refractivity contribution in [1.29, 1.82) is 0 Å². The molecule has 2 aliphatic rings. The number of urea groups is 1. The fourth-order valence-electron chi connectivity index (χ4n) is 3.28. The zero-order chi connectivity index (χ0) is 15.5. The van der Waals surface area contributed by atoms with Crippen LogP contribution in [0.1, 0.15) is 46.0 Å². The third kappa shape index (κ3) is 3.48. The molecule has 1 aliphatic carbocycles. The average molecular weight is 298 g/mol. The largest absolute Gasteiger partial charge is 0.481 e. The van der Waals surface area contributed by atoms with Crippen LogP contribution in [0, 0.1) is 5.41 Å². The molecule has 1 saturated heterocycles. The van der Waals surface area contributed by atoms with Gasteiger partial charge in [0.2, 0.25) is 0 Å². The van der Waals surface area contributed by atoms with E-state index in [1.807, 2.05) is 6.92 Å². The molecule has 0 aromatic heterocycles. The van der Waals surface area contributed by atoms with Gasteiger partial charge in [0.05, 0.1) is 11.5 Å². The molecule has 6 nitrogen and oxygen atoms in total. The molecule has 2 amide bonds. The Kier molecular flexibility index (Phi) is 5.08. The van der Waals surface area contributed by atoms with E-state index in [9.17, 15) is 14.7 Å². The van der Waals surface area contributed by atoms with E-state index < -0.39 is 11.4 Å². The molecule has 2 rings (SSSR count). The van der Waals surface area contributed by atoms with Gasteiger partial charge in [-0.3, -0.25) is 4.79 Å². The van der Waals surface area contributed by atoms with E-state index in [0.717, 1.165) is 32.3 Å². The Morgan fingerprint density at radius 3 is 2.71 bits per heavy atom. The minimum absolute atomic E-state index is 0.116. The van der Waals surface area contributed by atoms with E-state index in [2.05, 4.69) is 5.32 Å². The summed E-state index contributed by atoms with van der Waals surface area (Å²) in [7, 11) is 0. The Bertz CT molecular complexity index is 395. The van der Waals surface area contributed by atoms with Crippen LogP contribution in [0.25, 0.3) is 0 Å². The summed E-state index contributed by atoms with van der Waals surface area (Å²) >= 11 is 0.